The molecule has 8 rings (SSSR count). The molecule has 228 valence electrons. The number of fused-ring (bicyclic) bond motifs is 6. The molecule has 0 saturated heterocycles. The minimum Gasteiger partial charge on any atom is -0.372 e. The standard InChI is InChI=1S/C38H33ClN6O/c39-34-20-26(11-8-25(34)21-40)45(38(41)46)37-28-5-2-1-4-22(28)19-35(44-37)33-7-3-6-29-31-13-9-23-18-24(36-42-16-17-43-36)10-12-27(23)30(31)14-15-32(29)33/h1-9,11,13-15,19-20,24H,10,12,16-18,21,40H2,(H2,41,46)(H,42,43). The van der Waals surface area contributed by atoms with Crippen molar-refractivity contribution in [3.05, 3.63) is 113 Å². The van der Waals surface area contributed by atoms with Crippen molar-refractivity contribution in [1.82, 2.24) is 10.3 Å². The fourth-order valence-electron chi connectivity index (χ4n) is 7.28. The molecule has 2 amide bonds. The monoisotopic (exact) mass is 624 g/mol. The van der Waals surface area contributed by atoms with Gasteiger partial charge in [-0.2, -0.15) is 0 Å². The Labute approximate surface area is 271 Å². The predicted octanol–water partition coefficient (Wildman–Crippen LogP) is 7.64. The van der Waals surface area contributed by atoms with Gasteiger partial charge in [0.05, 0.1) is 23.8 Å². The van der Waals surface area contributed by atoms with E-state index in [9.17, 15) is 4.79 Å². The molecule has 46 heavy (non-hydrogen) atoms. The molecule has 2 heterocycles. The number of primary amides is 1. The molecule has 0 spiro atoms. The molecule has 1 unspecified atom stereocenters. The van der Waals surface area contributed by atoms with Crippen LogP contribution in [0.1, 0.15) is 23.1 Å². The molecule has 5 aromatic carbocycles. The van der Waals surface area contributed by atoms with Crippen LogP contribution in [0.2, 0.25) is 5.02 Å². The summed E-state index contributed by atoms with van der Waals surface area (Å²) >= 11 is 6.52. The van der Waals surface area contributed by atoms with Crippen molar-refractivity contribution in [1.29, 1.82) is 0 Å². The summed E-state index contributed by atoms with van der Waals surface area (Å²) in [6, 6.07) is 30.1. The maximum atomic E-state index is 13.1. The minimum atomic E-state index is -0.655. The number of benzene rings is 5. The van der Waals surface area contributed by atoms with Crippen LogP contribution in [0, 0.1) is 5.92 Å². The number of aromatic nitrogens is 1. The van der Waals surface area contributed by atoms with Crippen LogP contribution in [0.25, 0.3) is 43.6 Å². The Morgan fingerprint density at radius 2 is 1.72 bits per heavy atom. The van der Waals surface area contributed by atoms with Crippen molar-refractivity contribution in [3.8, 4) is 11.3 Å². The highest BCUT2D eigenvalue weighted by Crippen LogP contribution is 2.40. The number of nitrogens with one attached hydrogen (secondary N) is 1. The number of hydrogen-bond donors (Lipinski definition) is 3. The molecule has 1 aliphatic carbocycles. The van der Waals surface area contributed by atoms with E-state index >= 15 is 0 Å². The number of carbonyl (C=O) groups is 1. The number of urea groups is 1. The van der Waals surface area contributed by atoms with Crippen LogP contribution in [0.15, 0.2) is 96.0 Å². The van der Waals surface area contributed by atoms with Crippen molar-refractivity contribution < 1.29 is 4.79 Å². The average Bonchev–Trinajstić information content (AvgIpc) is 3.63. The van der Waals surface area contributed by atoms with Crippen molar-refractivity contribution in [2.24, 2.45) is 22.4 Å². The van der Waals surface area contributed by atoms with Gasteiger partial charge in [-0.25, -0.2) is 14.7 Å². The average molecular weight is 625 g/mol. The predicted molar refractivity (Wildman–Crippen MR) is 189 cm³/mol. The Hall–Kier alpha value is -4.98. The van der Waals surface area contributed by atoms with Gasteiger partial charge in [0.15, 0.2) is 0 Å². The van der Waals surface area contributed by atoms with E-state index in [1.807, 2.05) is 30.3 Å². The normalized spacial score (nSPS) is 16.0. The second-order valence-electron chi connectivity index (χ2n) is 12.1. The lowest BCUT2D eigenvalue weighted by Crippen LogP contribution is -2.32. The lowest BCUT2D eigenvalue weighted by atomic mass is 9.80. The number of rotatable bonds is 5. The first-order valence-electron chi connectivity index (χ1n) is 15.7. The summed E-state index contributed by atoms with van der Waals surface area (Å²) in [5, 5.41) is 10.5. The second-order valence-corrected chi connectivity index (χ2v) is 12.5. The quantitative estimate of drug-likeness (QED) is 0.171. The molecule has 7 nitrogen and oxygen atoms in total. The number of carbonyl (C=O) groups excluding carboxylic acids is 1. The van der Waals surface area contributed by atoms with E-state index in [1.165, 1.54) is 38.0 Å². The minimum absolute atomic E-state index is 0.290. The smallest absolute Gasteiger partial charge is 0.325 e. The van der Waals surface area contributed by atoms with Crippen LogP contribution >= 0.6 is 11.6 Å². The molecule has 1 atom stereocenters. The maximum absolute atomic E-state index is 13.1. The number of amidine groups is 1. The third-order valence-electron chi connectivity index (χ3n) is 9.51. The number of nitrogens with zero attached hydrogens (tertiary/aromatic N) is 3. The summed E-state index contributed by atoms with van der Waals surface area (Å²) in [6.45, 7) is 2.13. The zero-order valence-electron chi connectivity index (χ0n) is 25.3. The number of pyridine rings is 1. The summed E-state index contributed by atoms with van der Waals surface area (Å²) in [4.78, 5) is 24.3. The van der Waals surface area contributed by atoms with E-state index < -0.39 is 6.03 Å². The van der Waals surface area contributed by atoms with Gasteiger partial charge in [0.25, 0.3) is 0 Å². The van der Waals surface area contributed by atoms with Crippen molar-refractivity contribution in [3.63, 3.8) is 0 Å². The van der Waals surface area contributed by atoms with Gasteiger partial charge in [-0.15, -0.1) is 0 Å². The molecular formula is C38H33ClN6O. The van der Waals surface area contributed by atoms with E-state index in [2.05, 4.69) is 53.8 Å². The van der Waals surface area contributed by atoms with Gasteiger partial charge in [-0.1, -0.05) is 84.4 Å². The summed E-state index contributed by atoms with van der Waals surface area (Å²) in [5.74, 6) is 2.10. The van der Waals surface area contributed by atoms with E-state index in [1.54, 1.807) is 12.1 Å². The van der Waals surface area contributed by atoms with Crippen LogP contribution in [0.5, 0.6) is 0 Å². The second kappa shape index (κ2) is 11.4. The molecule has 5 N–H and O–H groups in total. The Balaban J connectivity index is 1.27. The fraction of sp³-hybridized carbons (Fsp3) is 0.184. The fourth-order valence-corrected chi connectivity index (χ4v) is 7.54. The molecule has 1 aromatic heterocycles. The van der Waals surface area contributed by atoms with Gasteiger partial charge < -0.3 is 16.8 Å². The third kappa shape index (κ3) is 4.75. The van der Waals surface area contributed by atoms with Crippen LogP contribution in [-0.2, 0) is 19.4 Å². The number of aryl methyl sites for hydroxylation is 1. The van der Waals surface area contributed by atoms with Gasteiger partial charge in [0.1, 0.15) is 5.82 Å². The number of anilines is 2. The Morgan fingerprint density at radius 1 is 0.913 bits per heavy atom. The van der Waals surface area contributed by atoms with Crippen LogP contribution < -0.4 is 21.7 Å². The Kier molecular flexibility index (Phi) is 7.08. The number of amides is 2. The van der Waals surface area contributed by atoms with Gasteiger partial charge in [0, 0.05) is 35.0 Å². The lowest BCUT2D eigenvalue weighted by molar-refractivity contribution is 0.256. The number of hydrogen-bond acceptors (Lipinski definition) is 5. The largest absolute Gasteiger partial charge is 0.372 e. The van der Waals surface area contributed by atoms with Crippen molar-refractivity contribution in [2.45, 2.75) is 25.8 Å². The third-order valence-corrected chi connectivity index (χ3v) is 9.86. The zero-order chi connectivity index (χ0) is 31.4. The Bertz CT molecular complexity index is 2230. The highest BCUT2D eigenvalue weighted by Gasteiger charge is 2.26. The van der Waals surface area contributed by atoms with E-state index in [0.717, 1.165) is 65.3 Å². The summed E-state index contributed by atoms with van der Waals surface area (Å²) < 4.78 is 0. The van der Waals surface area contributed by atoms with Gasteiger partial charge in [0.2, 0.25) is 0 Å². The zero-order valence-corrected chi connectivity index (χ0v) is 26.0. The summed E-state index contributed by atoms with van der Waals surface area (Å²) in [7, 11) is 0. The molecule has 2 aliphatic rings. The molecule has 0 fully saturated rings. The van der Waals surface area contributed by atoms with E-state index in [4.69, 9.17) is 33.0 Å². The molecular weight excluding hydrogens is 592 g/mol. The maximum Gasteiger partial charge on any atom is 0.325 e. The van der Waals surface area contributed by atoms with Gasteiger partial charge in [-0.05, 0) is 81.1 Å². The number of halogens is 1. The molecule has 6 aromatic rings. The van der Waals surface area contributed by atoms with E-state index in [0.29, 0.717) is 29.0 Å². The van der Waals surface area contributed by atoms with Gasteiger partial charge >= 0.3 is 6.03 Å². The number of aliphatic imine (C=N–C) groups is 1. The first-order valence-corrected chi connectivity index (χ1v) is 16.1. The van der Waals surface area contributed by atoms with Crippen molar-refractivity contribution >= 4 is 67.3 Å². The number of nitrogens with two attached hydrogens (primary N) is 2. The molecule has 8 heteroatoms. The summed E-state index contributed by atoms with van der Waals surface area (Å²) in [5.41, 5.74) is 17.8. The molecule has 0 saturated carbocycles. The van der Waals surface area contributed by atoms with Gasteiger partial charge in [-0.3, -0.25) is 4.99 Å². The van der Waals surface area contributed by atoms with E-state index in [-0.39, 0.29) is 0 Å². The molecule has 1 aliphatic heterocycles. The highest BCUT2D eigenvalue weighted by atomic mass is 35.5. The topological polar surface area (TPSA) is 110 Å². The Morgan fingerprint density at radius 3 is 2.52 bits per heavy atom. The van der Waals surface area contributed by atoms with Crippen LogP contribution in [-0.4, -0.2) is 29.9 Å². The highest BCUT2D eigenvalue weighted by molar-refractivity contribution is 6.31. The lowest BCUT2D eigenvalue weighted by Gasteiger charge is -2.26. The van der Waals surface area contributed by atoms with Crippen LogP contribution in [0.3, 0.4) is 0 Å². The SMILES string of the molecule is NCc1ccc(N(C(N)=O)c2nc(-c3cccc4c3ccc3c5c(ccc34)CC(C3=NCCN3)CC5)cc3ccccc23)cc1Cl. The first kappa shape index (κ1) is 28.5. The van der Waals surface area contributed by atoms with Crippen LogP contribution in [0.4, 0.5) is 16.3 Å². The molecule has 0 radical (unpaired) electrons. The molecule has 0 bridgehead atoms. The summed E-state index contributed by atoms with van der Waals surface area (Å²) in [6.07, 6.45) is 3.17. The first-order chi connectivity index (χ1) is 22.5. The van der Waals surface area contributed by atoms with Crippen molar-refractivity contribution in [2.75, 3.05) is 18.0 Å².